The van der Waals surface area contributed by atoms with E-state index in [0.717, 1.165) is 11.1 Å². The van der Waals surface area contributed by atoms with Crippen molar-refractivity contribution in [1.82, 2.24) is 15.4 Å². The normalized spacial score (nSPS) is 12.3. The summed E-state index contributed by atoms with van der Waals surface area (Å²) in [5, 5.41) is 0. The van der Waals surface area contributed by atoms with E-state index in [0.29, 0.717) is 0 Å². The predicted molar refractivity (Wildman–Crippen MR) is 57.6 cm³/mol. The largest absolute Gasteiger partial charge is 0.271 e. The van der Waals surface area contributed by atoms with Gasteiger partial charge in [0.05, 0.1) is 6.04 Å². The zero-order chi connectivity index (χ0) is 10.5. The van der Waals surface area contributed by atoms with Gasteiger partial charge in [-0.1, -0.05) is 30.3 Å². The van der Waals surface area contributed by atoms with E-state index in [1.165, 1.54) is 6.33 Å². The lowest BCUT2D eigenvalue weighted by Gasteiger charge is -2.15. The summed E-state index contributed by atoms with van der Waals surface area (Å²) >= 11 is 0. The van der Waals surface area contributed by atoms with Gasteiger partial charge in [-0.05, 0) is 5.56 Å². The standard InChI is InChI=1S/C11H12N4/c12-15-11(9-4-2-1-3-5-9)10-6-13-8-14-7-10/h1-8,11,15H,12H2. The molecule has 0 aliphatic carbocycles. The minimum Gasteiger partial charge on any atom is -0.271 e. The summed E-state index contributed by atoms with van der Waals surface area (Å²) in [6, 6.07) is 9.88. The quantitative estimate of drug-likeness (QED) is 0.573. The molecule has 2 aromatic rings. The van der Waals surface area contributed by atoms with Crippen LogP contribution in [0.5, 0.6) is 0 Å². The molecule has 0 radical (unpaired) electrons. The molecule has 1 aromatic heterocycles. The fourth-order valence-electron chi connectivity index (χ4n) is 1.49. The number of hydrazine groups is 1. The molecule has 0 saturated heterocycles. The second kappa shape index (κ2) is 4.63. The lowest BCUT2D eigenvalue weighted by atomic mass is 10.0. The van der Waals surface area contributed by atoms with Gasteiger partial charge in [-0.25, -0.2) is 15.4 Å². The molecule has 1 unspecified atom stereocenters. The van der Waals surface area contributed by atoms with Crippen molar-refractivity contribution in [2.75, 3.05) is 0 Å². The lowest BCUT2D eigenvalue weighted by molar-refractivity contribution is 0.632. The number of rotatable bonds is 3. The van der Waals surface area contributed by atoms with Crippen LogP contribution < -0.4 is 11.3 Å². The Bertz CT molecular complexity index is 362. The summed E-state index contributed by atoms with van der Waals surface area (Å²) in [7, 11) is 0. The molecule has 4 nitrogen and oxygen atoms in total. The topological polar surface area (TPSA) is 63.8 Å². The number of aromatic nitrogens is 2. The van der Waals surface area contributed by atoms with Crippen LogP contribution in [-0.2, 0) is 0 Å². The smallest absolute Gasteiger partial charge is 0.115 e. The van der Waals surface area contributed by atoms with Crippen LogP contribution >= 0.6 is 0 Å². The summed E-state index contributed by atoms with van der Waals surface area (Å²) in [6.45, 7) is 0. The summed E-state index contributed by atoms with van der Waals surface area (Å²) in [5.74, 6) is 5.53. The maximum absolute atomic E-state index is 5.53. The molecule has 0 aliphatic heterocycles. The van der Waals surface area contributed by atoms with Crippen LogP contribution in [0.4, 0.5) is 0 Å². The van der Waals surface area contributed by atoms with Crippen LogP contribution in [0.1, 0.15) is 17.2 Å². The molecule has 0 spiro atoms. The van der Waals surface area contributed by atoms with Gasteiger partial charge >= 0.3 is 0 Å². The second-order valence-corrected chi connectivity index (χ2v) is 3.18. The molecule has 1 aromatic carbocycles. The highest BCUT2D eigenvalue weighted by molar-refractivity contribution is 5.28. The van der Waals surface area contributed by atoms with E-state index in [-0.39, 0.29) is 6.04 Å². The van der Waals surface area contributed by atoms with Gasteiger partial charge in [-0.2, -0.15) is 0 Å². The van der Waals surface area contributed by atoms with E-state index in [9.17, 15) is 0 Å². The van der Waals surface area contributed by atoms with Crippen molar-refractivity contribution in [3.8, 4) is 0 Å². The van der Waals surface area contributed by atoms with E-state index in [1.54, 1.807) is 12.4 Å². The monoisotopic (exact) mass is 200 g/mol. The zero-order valence-electron chi connectivity index (χ0n) is 8.17. The first-order valence-electron chi connectivity index (χ1n) is 4.68. The predicted octanol–water partition coefficient (Wildman–Crippen LogP) is 1.03. The highest BCUT2D eigenvalue weighted by Crippen LogP contribution is 2.18. The van der Waals surface area contributed by atoms with Gasteiger partial charge in [-0.15, -0.1) is 0 Å². The van der Waals surface area contributed by atoms with Gasteiger partial charge in [0.2, 0.25) is 0 Å². The van der Waals surface area contributed by atoms with Gasteiger partial charge in [0.1, 0.15) is 6.33 Å². The van der Waals surface area contributed by atoms with E-state index >= 15 is 0 Å². The molecule has 1 heterocycles. The lowest BCUT2D eigenvalue weighted by Crippen LogP contribution is -2.28. The van der Waals surface area contributed by atoms with Gasteiger partial charge in [0.25, 0.3) is 0 Å². The van der Waals surface area contributed by atoms with Gasteiger partial charge in [0, 0.05) is 18.0 Å². The summed E-state index contributed by atoms with van der Waals surface area (Å²) in [4.78, 5) is 7.94. The first kappa shape index (κ1) is 9.76. The minimum atomic E-state index is -0.0626. The molecular formula is C11H12N4. The van der Waals surface area contributed by atoms with Crippen LogP contribution in [0.2, 0.25) is 0 Å². The zero-order valence-corrected chi connectivity index (χ0v) is 8.17. The van der Waals surface area contributed by atoms with Crippen molar-refractivity contribution in [3.63, 3.8) is 0 Å². The number of nitrogens with two attached hydrogens (primary N) is 1. The van der Waals surface area contributed by atoms with Gasteiger partial charge in [-0.3, -0.25) is 5.84 Å². The molecule has 15 heavy (non-hydrogen) atoms. The Morgan fingerprint density at radius 3 is 2.27 bits per heavy atom. The Morgan fingerprint density at radius 1 is 1.00 bits per heavy atom. The molecule has 2 rings (SSSR count). The molecule has 3 N–H and O–H groups in total. The number of hydrogen-bond acceptors (Lipinski definition) is 4. The van der Waals surface area contributed by atoms with Crippen molar-refractivity contribution < 1.29 is 0 Å². The highest BCUT2D eigenvalue weighted by atomic mass is 15.2. The van der Waals surface area contributed by atoms with Crippen LogP contribution in [0.15, 0.2) is 49.1 Å². The molecule has 76 valence electrons. The van der Waals surface area contributed by atoms with E-state index in [4.69, 9.17) is 5.84 Å². The van der Waals surface area contributed by atoms with Crippen molar-refractivity contribution in [2.24, 2.45) is 5.84 Å². The summed E-state index contributed by atoms with van der Waals surface area (Å²) in [6.07, 6.45) is 5.01. The fourth-order valence-corrected chi connectivity index (χ4v) is 1.49. The average Bonchev–Trinajstić information content (AvgIpc) is 2.33. The Morgan fingerprint density at radius 2 is 1.67 bits per heavy atom. The van der Waals surface area contributed by atoms with Crippen LogP contribution in [-0.4, -0.2) is 9.97 Å². The minimum absolute atomic E-state index is 0.0626. The van der Waals surface area contributed by atoms with E-state index in [2.05, 4.69) is 15.4 Å². The molecule has 0 fully saturated rings. The third kappa shape index (κ3) is 2.18. The first-order valence-corrected chi connectivity index (χ1v) is 4.68. The SMILES string of the molecule is NNC(c1ccccc1)c1cncnc1. The number of hydrogen-bond donors (Lipinski definition) is 2. The fraction of sp³-hybridized carbons (Fsp3) is 0.0909. The van der Waals surface area contributed by atoms with Crippen molar-refractivity contribution in [1.29, 1.82) is 0 Å². The average molecular weight is 200 g/mol. The third-order valence-corrected chi connectivity index (χ3v) is 2.21. The Hall–Kier alpha value is -1.78. The van der Waals surface area contributed by atoms with E-state index < -0.39 is 0 Å². The molecule has 1 atom stereocenters. The van der Waals surface area contributed by atoms with Crippen molar-refractivity contribution in [3.05, 3.63) is 60.2 Å². The van der Waals surface area contributed by atoms with Crippen molar-refractivity contribution in [2.45, 2.75) is 6.04 Å². The maximum atomic E-state index is 5.53. The number of nitrogens with zero attached hydrogens (tertiary/aromatic N) is 2. The Kier molecular flexibility index (Phi) is 3.02. The van der Waals surface area contributed by atoms with Gasteiger partial charge < -0.3 is 0 Å². The molecule has 0 saturated carbocycles. The van der Waals surface area contributed by atoms with Crippen LogP contribution in [0, 0.1) is 0 Å². The maximum Gasteiger partial charge on any atom is 0.115 e. The number of nitrogens with one attached hydrogen (secondary N) is 1. The molecular weight excluding hydrogens is 188 g/mol. The van der Waals surface area contributed by atoms with E-state index in [1.807, 2.05) is 30.3 Å². The van der Waals surface area contributed by atoms with Crippen LogP contribution in [0.3, 0.4) is 0 Å². The van der Waals surface area contributed by atoms with Crippen molar-refractivity contribution >= 4 is 0 Å². The number of benzene rings is 1. The van der Waals surface area contributed by atoms with Crippen LogP contribution in [0.25, 0.3) is 0 Å². The molecule has 0 bridgehead atoms. The Labute approximate surface area is 88.2 Å². The summed E-state index contributed by atoms with van der Waals surface area (Å²) in [5.41, 5.74) is 4.80. The highest BCUT2D eigenvalue weighted by Gasteiger charge is 2.11. The third-order valence-electron chi connectivity index (χ3n) is 2.21. The summed E-state index contributed by atoms with van der Waals surface area (Å²) < 4.78 is 0. The second-order valence-electron chi connectivity index (χ2n) is 3.18. The molecule has 4 heteroatoms. The molecule has 0 amide bonds. The first-order chi connectivity index (χ1) is 7.42. The van der Waals surface area contributed by atoms with Gasteiger partial charge in [0.15, 0.2) is 0 Å². The Balaban J connectivity index is 2.34. The molecule has 0 aliphatic rings.